The molecular weight excluding hydrogens is 1180 g/mol. The largest absolute Gasteiger partial charge is 0.481 e. The molecule has 530 valence electrons. The van der Waals surface area contributed by atoms with E-state index < -0.39 is 23.0 Å². The zero-order chi connectivity index (χ0) is 69.2. The number of nitrogens with one attached hydrogen (secondary N) is 1. The molecule has 94 heavy (non-hydrogen) atoms. The van der Waals surface area contributed by atoms with Gasteiger partial charge in [0.2, 0.25) is 0 Å². The summed E-state index contributed by atoms with van der Waals surface area (Å²) in [5.41, 5.74) is 13.8. The van der Waals surface area contributed by atoms with Crippen molar-refractivity contribution in [2.75, 3.05) is 46.8 Å². The summed E-state index contributed by atoms with van der Waals surface area (Å²) < 4.78 is 35.5. The highest BCUT2D eigenvalue weighted by atomic mass is 16.5. The second-order valence-electron chi connectivity index (χ2n) is 37.0. The number of H-pyrrole nitrogens is 1. The van der Waals surface area contributed by atoms with Gasteiger partial charge in [0.15, 0.2) is 0 Å². The van der Waals surface area contributed by atoms with E-state index in [0.29, 0.717) is 85.6 Å². The molecule has 15 nitrogen and oxygen atoms in total. The summed E-state index contributed by atoms with van der Waals surface area (Å²) in [6.07, 6.45) is 24.2. The van der Waals surface area contributed by atoms with E-state index in [4.69, 9.17) is 40.3 Å². The molecule has 4 bridgehead atoms. The Morgan fingerprint density at radius 1 is 0.628 bits per heavy atom. The summed E-state index contributed by atoms with van der Waals surface area (Å²) in [5.74, 6) is 1.75. The van der Waals surface area contributed by atoms with Crippen molar-refractivity contribution in [3.8, 4) is 0 Å². The topological polar surface area (TPSA) is 219 Å². The van der Waals surface area contributed by atoms with Crippen molar-refractivity contribution in [3.63, 3.8) is 0 Å². The minimum Gasteiger partial charge on any atom is -0.481 e. The molecule has 12 rings (SSSR count). The highest BCUT2D eigenvalue weighted by Crippen LogP contribution is 2.78. The van der Waals surface area contributed by atoms with E-state index in [1.807, 2.05) is 25.4 Å². The number of nitrogens with zero attached hydrogens (tertiary/aromatic N) is 3. The average Bonchev–Trinajstić information content (AvgIpc) is 0.770. The minimum atomic E-state index is -0.606. The highest BCUT2D eigenvalue weighted by Gasteiger charge is 2.74. The van der Waals surface area contributed by atoms with Gasteiger partial charge in [-0.3, -0.25) is 19.4 Å². The molecule has 0 unspecified atom stereocenters. The molecular formula is C79H130N6O9. The lowest BCUT2D eigenvalue weighted by Crippen LogP contribution is -2.70. The van der Waals surface area contributed by atoms with Gasteiger partial charge in [-0.1, -0.05) is 148 Å². The summed E-state index contributed by atoms with van der Waals surface area (Å²) in [5, 5.41) is 33.0. The van der Waals surface area contributed by atoms with E-state index in [1.165, 1.54) is 0 Å². The second kappa shape index (κ2) is 25.6. The van der Waals surface area contributed by atoms with E-state index >= 15 is 0 Å². The Bertz CT molecular complexity index is 3030. The third-order valence-electron chi connectivity index (χ3n) is 31.5. The summed E-state index contributed by atoms with van der Waals surface area (Å²) in [7, 11) is 1.84. The number of carboxylic acid groups (broad SMARTS) is 2. The van der Waals surface area contributed by atoms with Gasteiger partial charge < -0.3 is 45.4 Å². The number of aliphatic carboxylic acids is 2. The van der Waals surface area contributed by atoms with Crippen LogP contribution in [0.3, 0.4) is 0 Å². The van der Waals surface area contributed by atoms with E-state index in [0.717, 1.165) is 90.3 Å². The lowest BCUT2D eigenvalue weighted by molar-refractivity contribution is -0.269. The number of methoxy groups -OCH3 is 1. The van der Waals surface area contributed by atoms with Crippen LogP contribution in [-0.4, -0.2) is 118 Å². The lowest BCUT2D eigenvalue weighted by atomic mass is 9.34. The van der Waals surface area contributed by atoms with Gasteiger partial charge in [0.05, 0.1) is 75.8 Å². The first-order chi connectivity index (χ1) is 43.7. The van der Waals surface area contributed by atoms with Crippen LogP contribution in [0.1, 0.15) is 222 Å². The molecule has 0 amide bonds. The lowest BCUT2D eigenvalue weighted by Gasteiger charge is -2.71. The summed E-state index contributed by atoms with van der Waals surface area (Å²) >= 11 is 0. The maximum Gasteiger partial charge on any atom is 0.307 e. The highest BCUT2D eigenvalue weighted by molar-refractivity contribution is 5.74. The number of aromatic nitrogens is 4. The van der Waals surface area contributed by atoms with Gasteiger partial charge in [-0.15, -0.1) is 0 Å². The summed E-state index contributed by atoms with van der Waals surface area (Å²) in [4.78, 5) is 26.7. The predicted octanol–water partition coefficient (Wildman–Crippen LogP) is 15.5. The van der Waals surface area contributed by atoms with E-state index in [1.54, 1.807) is 23.5 Å². The fourth-order valence-corrected chi connectivity index (χ4v) is 23.8. The molecule has 4 heterocycles. The molecule has 8 fully saturated rings. The Morgan fingerprint density at radius 3 is 1.45 bits per heavy atom. The van der Waals surface area contributed by atoms with Crippen LogP contribution in [0.4, 0.5) is 0 Å². The molecule has 10 aliphatic rings. The van der Waals surface area contributed by atoms with Crippen LogP contribution in [-0.2, 0) is 33.3 Å². The second-order valence-corrected chi connectivity index (χ2v) is 37.0. The Morgan fingerprint density at radius 2 is 1.07 bits per heavy atom. The Labute approximate surface area is 567 Å². The first-order valence-electron chi connectivity index (χ1n) is 37.0. The van der Waals surface area contributed by atoms with Crippen molar-refractivity contribution < 1.29 is 43.5 Å². The van der Waals surface area contributed by atoms with Crippen molar-refractivity contribution in [1.29, 1.82) is 0 Å². The van der Waals surface area contributed by atoms with Crippen molar-refractivity contribution in [2.45, 2.75) is 251 Å². The summed E-state index contributed by atoms with van der Waals surface area (Å²) in [6.45, 7) is 49.2. The number of hydrogen-bond acceptors (Lipinski definition) is 11. The first kappa shape index (κ1) is 73.3. The number of hydrogen-bond donors (Lipinski definition) is 5. The molecule has 8 aliphatic carbocycles. The van der Waals surface area contributed by atoms with Crippen molar-refractivity contribution in [2.24, 2.45) is 137 Å². The SMILES string of the molecule is CC(C)[C@@H](C)[C@@]1(C)CC[C@]2(C)[C@H]3CC[C@@H]4[C@@]5(COC[C@@]4(C)[C@@H](OC[C@](C)(N)C(C)C)[C@H](n4cccn4)C5)C3=CC[C@@]2(C)[C@@H]1C(=O)O.CO[C@@H]1C[C@@]23COC[C@](C)([C@@H]2CC[C@H]2C3=CC[C@@]3(C)[C@H](C(=O)O)[C@@](C)([C@H](C)C(C)C)CC[C@]23C)[C@H]1OC[C@](C)(N)C(C)C.c1cn[nH]c1. The predicted molar refractivity (Wildman–Crippen MR) is 372 cm³/mol. The molecule has 15 heteroatoms. The smallest absolute Gasteiger partial charge is 0.307 e. The minimum absolute atomic E-state index is 0.0396. The molecule has 0 aromatic carbocycles. The molecule has 24 atom stereocenters. The van der Waals surface area contributed by atoms with Crippen LogP contribution in [0.15, 0.2) is 60.2 Å². The van der Waals surface area contributed by atoms with Gasteiger partial charge in [0.25, 0.3) is 0 Å². The molecule has 2 aromatic heterocycles. The summed E-state index contributed by atoms with van der Waals surface area (Å²) in [6, 6.07) is 3.92. The molecule has 2 saturated heterocycles. The van der Waals surface area contributed by atoms with Gasteiger partial charge in [-0.2, -0.15) is 10.2 Å². The standard InChI is InChI=1S/C39H63N3O4.C37H63NO5.C3H4N2/c1-24(2)26(5)34(6)16-17-36(8)27-12-13-30-35(7)21-45-23-39(30,28(27)14-15-37(36,9)31(34)33(43)44)20-29(42-19-11-18-41-42)32(35)46-22-38(10,40)25(3)4;1-22(2)24(5)32(6)16-17-34(8)25-12-13-28-33(7)19-42-21-37(28,26(25)14-15-35(34,9)29(32)31(39)40)18-27(41-11)30(33)43-20-36(10,38)23(3)4;1-2-4-5-3-1/h11,14,18-19,24-27,29-32H,12-13,15-17,20-23,40H2,1-10H3,(H,43,44);14,22-25,27-30H,12-13,15-21,38H2,1-11H3,(H,39,40);1-3H,(H,4,5)/t26-,27+,29-,30+,31-,32+,34-,35-,36-,37+,38+,39+;24-,25+,27-,28+,29-,30+,32-,33-,34-,35+,36+,37+;/m11./s1. The third kappa shape index (κ3) is 11.2. The maximum absolute atomic E-state index is 13.4. The van der Waals surface area contributed by atoms with Gasteiger partial charge in [0.1, 0.15) is 0 Å². The van der Waals surface area contributed by atoms with Crippen LogP contribution < -0.4 is 11.5 Å². The van der Waals surface area contributed by atoms with E-state index in [-0.39, 0.29) is 90.3 Å². The number of ether oxygens (including phenoxy) is 5. The van der Waals surface area contributed by atoms with E-state index in [9.17, 15) is 19.8 Å². The zero-order valence-corrected chi connectivity index (χ0v) is 62.3. The fraction of sp³-hybridized carbons (Fsp3) is 0.848. The van der Waals surface area contributed by atoms with Gasteiger partial charge in [-0.05, 0) is 195 Å². The molecule has 0 radical (unpaired) electrons. The number of carboxylic acids is 2. The van der Waals surface area contributed by atoms with Crippen molar-refractivity contribution in [3.05, 3.63) is 60.2 Å². The maximum atomic E-state index is 13.4. The van der Waals surface area contributed by atoms with Crippen LogP contribution in [0, 0.1) is 125 Å². The fourth-order valence-electron chi connectivity index (χ4n) is 23.8. The van der Waals surface area contributed by atoms with E-state index in [2.05, 4.69) is 172 Å². The Balaban J connectivity index is 0.000000191. The number of aromatic amines is 1. The zero-order valence-electron chi connectivity index (χ0n) is 62.3. The first-order valence-corrected chi connectivity index (χ1v) is 37.0. The number of fused-ring (bicyclic) bond motifs is 6. The van der Waals surface area contributed by atoms with Crippen molar-refractivity contribution in [1.82, 2.24) is 20.0 Å². The average molecular weight is 1310 g/mol. The van der Waals surface area contributed by atoms with Gasteiger partial charge >= 0.3 is 11.9 Å². The molecule has 0 spiro atoms. The quantitative estimate of drug-likeness (QED) is 0.0989. The molecule has 2 aromatic rings. The Kier molecular flexibility index (Phi) is 20.0. The number of rotatable bonds is 16. The number of carbonyl (C=O) groups is 2. The van der Waals surface area contributed by atoms with Gasteiger partial charge in [0, 0.05) is 64.6 Å². The monoisotopic (exact) mass is 1310 g/mol. The van der Waals surface area contributed by atoms with Gasteiger partial charge in [-0.25, -0.2) is 0 Å². The number of allylic oxidation sites excluding steroid dienone is 2. The van der Waals surface area contributed by atoms with Crippen LogP contribution >= 0.6 is 0 Å². The molecule has 2 aliphatic heterocycles. The third-order valence-corrected chi connectivity index (χ3v) is 31.5. The van der Waals surface area contributed by atoms with Crippen LogP contribution in [0.5, 0.6) is 0 Å². The van der Waals surface area contributed by atoms with Crippen molar-refractivity contribution >= 4 is 11.9 Å². The Hall–Kier alpha value is -3.44. The molecule has 6 saturated carbocycles. The number of nitrogens with two attached hydrogens (primary N) is 2. The molecule has 7 N–H and O–H groups in total. The normalized spacial score (nSPS) is 44.8. The van der Waals surface area contributed by atoms with Crippen LogP contribution in [0.2, 0.25) is 0 Å². The van der Waals surface area contributed by atoms with Crippen LogP contribution in [0.25, 0.3) is 0 Å².